The van der Waals surface area contributed by atoms with Crippen LogP contribution in [0.1, 0.15) is 26.3 Å². The molecular weight excluding hydrogens is 338 g/mol. The molecule has 0 N–H and O–H groups in total. The van der Waals surface area contributed by atoms with Crippen molar-refractivity contribution >= 4 is 5.97 Å². The molecule has 3 nitrogen and oxygen atoms in total. The predicted octanol–water partition coefficient (Wildman–Crippen LogP) is 5.35. The molecule has 0 aliphatic heterocycles. The van der Waals surface area contributed by atoms with E-state index in [0.29, 0.717) is 6.08 Å². The molecule has 0 aliphatic carbocycles. The van der Waals surface area contributed by atoms with Gasteiger partial charge in [0.05, 0.1) is 7.11 Å². The highest BCUT2D eigenvalue weighted by Crippen LogP contribution is 2.31. The molecule has 5 heteroatoms. The van der Waals surface area contributed by atoms with E-state index in [9.17, 15) is 13.6 Å². The van der Waals surface area contributed by atoms with Crippen molar-refractivity contribution in [2.45, 2.75) is 32.3 Å². The molecule has 2 rings (SSSR count). The summed E-state index contributed by atoms with van der Waals surface area (Å²) in [5.74, 6) is -3.34. The minimum atomic E-state index is -3.27. The van der Waals surface area contributed by atoms with Gasteiger partial charge in [0, 0.05) is 11.6 Å². The van der Waals surface area contributed by atoms with E-state index in [2.05, 4.69) is 0 Å². The number of hydrogen-bond donors (Lipinski definition) is 0. The maximum Gasteiger partial charge on any atom is 0.331 e. The molecule has 0 aliphatic rings. The Morgan fingerprint density at radius 2 is 1.42 bits per heavy atom. The molecule has 0 unspecified atom stereocenters. The first-order valence-electron chi connectivity index (χ1n) is 8.16. The van der Waals surface area contributed by atoms with Gasteiger partial charge in [-0.25, -0.2) is 4.79 Å². The van der Waals surface area contributed by atoms with E-state index < -0.39 is 17.5 Å². The number of alkyl halides is 2. The van der Waals surface area contributed by atoms with Gasteiger partial charge in [0.2, 0.25) is 0 Å². The summed E-state index contributed by atoms with van der Waals surface area (Å²) in [4.78, 5) is 11.6. The Kier molecular flexibility index (Phi) is 5.80. The Hall–Kier alpha value is -2.69. The number of benzene rings is 2. The van der Waals surface area contributed by atoms with Crippen LogP contribution in [0.3, 0.4) is 0 Å². The molecular formula is C21H22F2O3. The van der Waals surface area contributed by atoms with Crippen LogP contribution in [-0.2, 0) is 15.5 Å². The second-order valence-electron chi connectivity index (χ2n) is 6.80. The van der Waals surface area contributed by atoms with Crippen LogP contribution >= 0.6 is 0 Å². The Bertz CT molecular complexity index is 770. The van der Waals surface area contributed by atoms with Gasteiger partial charge in [-0.15, -0.1) is 0 Å². The van der Waals surface area contributed by atoms with Crippen LogP contribution in [-0.4, -0.2) is 18.7 Å². The lowest BCUT2D eigenvalue weighted by atomic mass is 10.0. The highest BCUT2D eigenvalue weighted by Gasteiger charge is 2.28. The zero-order chi connectivity index (χ0) is 19.4. The van der Waals surface area contributed by atoms with Gasteiger partial charge in [0.1, 0.15) is 11.4 Å². The number of ether oxygens (including phenoxy) is 2. The van der Waals surface area contributed by atoms with E-state index in [0.717, 1.165) is 23.0 Å². The van der Waals surface area contributed by atoms with E-state index in [4.69, 9.17) is 9.47 Å². The average molecular weight is 360 g/mol. The van der Waals surface area contributed by atoms with Gasteiger partial charge >= 0.3 is 5.97 Å². The predicted molar refractivity (Wildman–Crippen MR) is 97.3 cm³/mol. The van der Waals surface area contributed by atoms with Crippen molar-refractivity contribution in [3.8, 4) is 16.9 Å². The summed E-state index contributed by atoms with van der Waals surface area (Å²) < 4.78 is 38.6. The van der Waals surface area contributed by atoms with Crippen LogP contribution in [0.5, 0.6) is 5.75 Å². The number of rotatable bonds is 5. The van der Waals surface area contributed by atoms with Gasteiger partial charge in [0.15, 0.2) is 0 Å². The third-order valence-corrected chi connectivity index (χ3v) is 3.53. The minimum Gasteiger partial charge on any atom is -0.497 e. The van der Waals surface area contributed by atoms with Crippen molar-refractivity contribution in [3.63, 3.8) is 0 Å². The van der Waals surface area contributed by atoms with Gasteiger partial charge in [-0.3, -0.25) is 0 Å². The fraction of sp³-hybridized carbons (Fsp3) is 0.286. The second kappa shape index (κ2) is 7.68. The van der Waals surface area contributed by atoms with Crippen molar-refractivity contribution in [2.24, 2.45) is 0 Å². The lowest BCUT2D eigenvalue weighted by Crippen LogP contribution is -2.23. The fourth-order valence-corrected chi connectivity index (χ4v) is 2.27. The summed E-state index contributed by atoms with van der Waals surface area (Å²) in [7, 11) is 1.58. The smallest absolute Gasteiger partial charge is 0.331 e. The number of methoxy groups -OCH3 is 1. The Labute approximate surface area is 152 Å². The number of esters is 1. The topological polar surface area (TPSA) is 35.5 Å². The van der Waals surface area contributed by atoms with Crippen LogP contribution in [0.4, 0.5) is 8.78 Å². The molecule has 0 radical (unpaired) electrons. The Morgan fingerprint density at radius 3 is 1.88 bits per heavy atom. The van der Waals surface area contributed by atoms with Crippen LogP contribution in [0.15, 0.2) is 60.7 Å². The van der Waals surface area contributed by atoms with E-state index in [1.165, 1.54) is 12.1 Å². The molecule has 0 fully saturated rings. The first kappa shape index (κ1) is 19.6. The second-order valence-corrected chi connectivity index (χ2v) is 6.80. The lowest BCUT2D eigenvalue weighted by molar-refractivity contribution is -0.148. The first-order chi connectivity index (χ1) is 12.1. The van der Waals surface area contributed by atoms with Crippen molar-refractivity contribution in [1.29, 1.82) is 0 Å². The van der Waals surface area contributed by atoms with Gasteiger partial charge in [0.25, 0.3) is 5.92 Å². The van der Waals surface area contributed by atoms with Crippen LogP contribution in [0, 0.1) is 0 Å². The van der Waals surface area contributed by atoms with Gasteiger partial charge in [-0.05, 0) is 50.1 Å². The summed E-state index contributed by atoms with van der Waals surface area (Å²) in [6.07, 6.45) is 1.33. The molecule has 26 heavy (non-hydrogen) atoms. The SMILES string of the molecule is COc1ccc(-c2ccc(C(F)(F)/C=C/C(=O)OC(C)(C)C)cc2)cc1. The highest BCUT2D eigenvalue weighted by molar-refractivity contribution is 5.82. The third kappa shape index (κ3) is 5.41. The van der Waals surface area contributed by atoms with Gasteiger partial charge < -0.3 is 9.47 Å². The summed E-state index contributed by atoms with van der Waals surface area (Å²) in [6, 6.07) is 13.3. The summed E-state index contributed by atoms with van der Waals surface area (Å²) >= 11 is 0. The lowest BCUT2D eigenvalue weighted by Gasteiger charge is -2.18. The molecule has 2 aromatic rings. The number of allylic oxidation sites excluding steroid dienone is 1. The molecule has 0 saturated heterocycles. The molecule has 2 aromatic carbocycles. The maximum absolute atomic E-state index is 14.3. The number of halogens is 2. The summed E-state index contributed by atoms with van der Waals surface area (Å²) in [6.45, 7) is 5.03. The molecule has 0 amide bonds. The quantitative estimate of drug-likeness (QED) is 0.532. The molecule has 138 valence electrons. The van der Waals surface area contributed by atoms with Crippen LogP contribution < -0.4 is 4.74 Å². The van der Waals surface area contributed by atoms with Crippen molar-refractivity contribution in [3.05, 3.63) is 66.2 Å². The first-order valence-corrected chi connectivity index (χ1v) is 8.16. The van der Waals surface area contributed by atoms with Gasteiger partial charge in [-0.1, -0.05) is 36.4 Å². The molecule has 0 atom stereocenters. The zero-order valence-corrected chi connectivity index (χ0v) is 15.3. The summed E-state index contributed by atoms with van der Waals surface area (Å²) in [5.41, 5.74) is 0.777. The zero-order valence-electron chi connectivity index (χ0n) is 15.3. The minimum absolute atomic E-state index is 0.199. The summed E-state index contributed by atoms with van der Waals surface area (Å²) in [5, 5.41) is 0. The van der Waals surface area contributed by atoms with Crippen LogP contribution in [0.2, 0.25) is 0 Å². The normalized spacial score (nSPS) is 12.2. The van der Waals surface area contributed by atoms with Crippen molar-refractivity contribution < 1.29 is 23.0 Å². The molecule has 0 heterocycles. The van der Waals surface area contributed by atoms with E-state index in [1.807, 2.05) is 12.1 Å². The third-order valence-electron chi connectivity index (χ3n) is 3.53. The van der Waals surface area contributed by atoms with E-state index in [-0.39, 0.29) is 5.56 Å². The molecule has 0 spiro atoms. The number of carbonyl (C=O) groups is 1. The monoisotopic (exact) mass is 360 g/mol. The van der Waals surface area contributed by atoms with Crippen molar-refractivity contribution in [1.82, 2.24) is 0 Å². The molecule has 0 saturated carbocycles. The Balaban J connectivity index is 2.13. The molecule has 0 aromatic heterocycles. The van der Waals surface area contributed by atoms with Crippen LogP contribution in [0.25, 0.3) is 11.1 Å². The average Bonchev–Trinajstić information content (AvgIpc) is 2.59. The largest absolute Gasteiger partial charge is 0.497 e. The van der Waals surface area contributed by atoms with E-state index in [1.54, 1.807) is 52.1 Å². The van der Waals surface area contributed by atoms with Crippen molar-refractivity contribution in [2.75, 3.05) is 7.11 Å². The highest BCUT2D eigenvalue weighted by atomic mass is 19.3. The molecule has 0 bridgehead atoms. The number of carbonyl (C=O) groups excluding carboxylic acids is 1. The standard InChI is InChI=1S/C21H22F2O3/c1-20(2,3)26-19(24)13-14-21(22,23)17-9-5-15(6-10-17)16-7-11-18(25-4)12-8-16/h5-14H,1-4H3/b14-13+. The Morgan fingerprint density at radius 1 is 0.923 bits per heavy atom. The fourth-order valence-electron chi connectivity index (χ4n) is 2.27. The maximum atomic E-state index is 14.3. The van der Waals surface area contributed by atoms with Gasteiger partial charge in [-0.2, -0.15) is 8.78 Å². The number of hydrogen-bond acceptors (Lipinski definition) is 3. The van der Waals surface area contributed by atoms with E-state index >= 15 is 0 Å².